The van der Waals surface area contributed by atoms with Gasteiger partial charge in [0.1, 0.15) is 0 Å². The lowest BCUT2D eigenvalue weighted by Gasteiger charge is -2.27. The molecule has 8 heteroatoms. The minimum absolute atomic E-state index is 0.0836. The van der Waals surface area contributed by atoms with Crippen molar-refractivity contribution >= 4 is 22.6 Å². The Kier molecular flexibility index (Phi) is 6.78. The Morgan fingerprint density at radius 2 is 1.91 bits per heavy atom. The molecule has 1 unspecified atom stereocenters. The molecule has 1 aliphatic carbocycles. The lowest BCUT2D eigenvalue weighted by Crippen LogP contribution is -2.31. The molecular weight excluding hydrogens is 404 g/mol. The van der Waals surface area contributed by atoms with E-state index in [0.29, 0.717) is 12.1 Å². The molecule has 1 amide bonds. The van der Waals surface area contributed by atoms with Gasteiger partial charge in [0.2, 0.25) is 0 Å². The van der Waals surface area contributed by atoms with E-state index in [1.54, 1.807) is 12.4 Å². The van der Waals surface area contributed by atoms with E-state index in [-0.39, 0.29) is 24.0 Å². The van der Waals surface area contributed by atoms with E-state index in [9.17, 15) is 9.70 Å². The van der Waals surface area contributed by atoms with Crippen LogP contribution in [0.3, 0.4) is 0 Å². The first-order valence-corrected chi connectivity index (χ1v) is 11.4. The summed E-state index contributed by atoms with van der Waals surface area (Å²) in [7, 11) is 0. The molecule has 1 fully saturated rings. The van der Waals surface area contributed by atoms with E-state index in [2.05, 4.69) is 32.8 Å². The lowest BCUT2D eigenvalue weighted by molar-refractivity contribution is 0.0936. The van der Waals surface area contributed by atoms with Crippen LogP contribution in [0.5, 0.6) is 0 Å². The van der Waals surface area contributed by atoms with Gasteiger partial charge >= 0.3 is 0 Å². The molecule has 3 aromatic rings. The van der Waals surface area contributed by atoms with Gasteiger partial charge in [-0.25, -0.2) is 9.67 Å². The van der Waals surface area contributed by atoms with Crippen molar-refractivity contribution < 1.29 is 4.79 Å². The summed E-state index contributed by atoms with van der Waals surface area (Å²) in [5.74, 6) is -0.162. The number of amides is 1. The molecule has 2 heterocycles. The van der Waals surface area contributed by atoms with Crippen molar-refractivity contribution in [1.29, 1.82) is 0 Å². The average molecular weight is 435 g/mol. The van der Waals surface area contributed by atoms with Gasteiger partial charge in [0, 0.05) is 18.8 Å². The summed E-state index contributed by atoms with van der Waals surface area (Å²) in [6.07, 6.45) is 7.40. The number of nitrogens with one attached hydrogen (secondary N) is 2. The molecular formula is C24H30N6O2. The van der Waals surface area contributed by atoms with Crippen LogP contribution >= 0.6 is 0 Å². The number of rotatable bonds is 8. The highest BCUT2D eigenvalue weighted by Crippen LogP contribution is 2.31. The van der Waals surface area contributed by atoms with Crippen molar-refractivity contribution in [2.24, 2.45) is 5.18 Å². The van der Waals surface area contributed by atoms with E-state index in [1.807, 2.05) is 41.9 Å². The van der Waals surface area contributed by atoms with Gasteiger partial charge in [-0.15, -0.1) is 0 Å². The molecule has 0 bridgehead atoms. The Labute approximate surface area is 187 Å². The van der Waals surface area contributed by atoms with Crippen molar-refractivity contribution in [2.75, 3.05) is 5.32 Å². The molecule has 1 aliphatic rings. The zero-order valence-electron chi connectivity index (χ0n) is 18.6. The molecule has 8 nitrogen and oxygen atoms in total. The minimum Gasteiger partial charge on any atom is -0.381 e. The predicted octanol–water partition coefficient (Wildman–Crippen LogP) is 4.82. The summed E-state index contributed by atoms with van der Waals surface area (Å²) >= 11 is 0. The summed E-state index contributed by atoms with van der Waals surface area (Å²) in [6, 6.07) is 9.97. The van der Waals surface area contributed by atoms with Crippen LogP contribution in [0.15, 0.2) is 47.9 Å². The fourth-order valence-corrected chi connectivity index (χ4v) is 4.46. The molecule has 1 atom stereocenters. The van der Waals surface area contributed by atoms with Crippen LogP contribution in [0.4, 0.5) is 5.69 Å². The van der Waals surface area contributed by atoms with E-state index in [1.165, 1.54) is 0 Å². The van der Waals surface area contributed by atoms with E-state index < -0.39 is 0 Å². The van der Waals surface area contributed by atoms with Crippen LogP contribution < -0.4 is 10.6 Å². The van der Waals surface area contributed by atoms with E-state index in [4.69, 9.17) is 0 Å². The monoisotopic (exact) mass is 434 g/mol. The predicted molar refractivity (Wildman–Crippen MR) is 126 cm³/mol. The highest BCUT2D eigenvalue weighted by Gasteiger charge is 2.26. The summed E-state index contributed by atoms with van der Waals surface area (Å²) in [5, 5.41) is 15.2. The van der Waals surface area contributed by atoms with Crippen molar-refractivity contribution in [3.8, 4) is 0 Å². The molecule has 168 valence electrons. The number of aryl methyl sites for hydroxylation is 1. The third kappa shape index (κ3) is 4.49. The van der Waals surface area contributed by atoms with Gasteiger partial charge in [0.05, 0.1) is 34.9 Å². The highest BCUT2D eigenvalue weighted by atomic mass is 16.3. The van der Waals surface area contributed by atoms with Crippen LogP contribution in [0.25, 0.3) is 11.0 Å². The smallest absolute Gasteiger partial charge is 0.255 e. The van der Waals surface area contributed by atoms with Crippen LogP contribution in [0.1, 0.15) is 67.9 Å². The molecule has 0 saturated heterocycles. The summed E-state index contributed by atoms with van der Waals surface area (Å²) in [4.78, 5) is 28.8. The molecule has 0 spiro atoms. The standard InChI is InChI=1S/C24H30N6O2/c1-3-21(16-8-6-5-7-9-16)28-24(31)20-14-25-23-19(15-26-30(23)4-2)22(20)27-17-10-12-18(29-32)13-11-17/h5-9,14-15,17-18,21H,3-4,10-13H2,1-2H3,(H,25,27)(H,28,31). The molecule has 1 aromatic carbocycles. The molecule has 4 rings (SSSR count). The second-order valence-corrected chi connectivity index (χ2v) is 8.34. The zero-order chi connectivity index (χ0) is 22.5. The summed E-state index contributed by atoms with van der Waals surface area (Å²) in [5.41, 5.74) is 3.10. The summed E-state index contributed by atoms with van der Waals surface area (Å²) < 4.78 is 1.83. The van der Waals surface area contributed by atoms with Gasteiger partial charge in [-0.05, 0) is 44.6 Å². The second-order valence-electron chi connectivity index (χ2n) is 8.34. The maximum absolute atomic E-state index is 13.4. The van der Waals surface area contributed by atoms with Crippen LogP contribution in [-0.2, 0) is 6.54 Å². The Morgan fingerprint density at radius 1 is 1.16 bits per heavy atom. The molecule has 1 saturated carbocycles. The minimum atomic E-state index is -0.162. The Hall–Kier alpha value is -3.29. The number of anilines is 1. The van der Waals surface area contributed by atoms with Crippen molar-refractivity contribution in [3.63, 3.8) is 0 Å². The molecule has 32 heavy (non-hydrogen) atoms. The number of fused-ring (bicyclic) bond motifs is 1. The number of nitroso groups, excluding NO2 is 1. The quantitative estimate of drug-likeness (QED) is 0.495. The third-order valence-electron chi connectivity index (χ3n) is 6.32. The number of aromatic nitrogens is 3. The van der Waals surface area contributed by atoms with Gasteiger partial charge in [-0.3, -0.25) is 4.79 Å². The summed E-state index contributed by atoms with van der Waals surface area (Å²) in [6.45, 7) is 4.77. The lowest BCUT2D eigenvalue weighted by atomic mass is 9.91. The number of carbonyl (C=O) groups is 1. The fraction of sp³-hybridized carbons (Fsp3) is 0.458. The van der Waals surface area contributed by atoms with Crippen LogP contribution in [0.2, 0.25) is 0 Å². The number of nitrogens with zero attached hydrogens (tertiary/aromatic N) is 4. The number of hydrogen-bond acceptors (Lipinski definition) is 6. The van der Waals surface area contributed by atoms with Gasteiger partial charge in [-0.1, -0.05) is 42.4 Å². The number of benzene rings is 1. The maximum atomic E-state index is 13.4. The molecule has 2 aromatic heterocycles. The highest BCUT2D eigenvalue weighted by molar-refractivity contribution is 6.06. The maximum Gasteiger partial charge on any atom is 0.255 e. The van der Waals surface area contributed by atoms with E-state index in [0.717, 1.165) is 54.4 Å². The molecule has 0 radical (unpaired) electrons. The first-order chi connectivity index (χ1) is 15.6. The average Bonchev–Trinajstić information content (AvgIpc) is 3.27. The fourth-order valence-electron chi connectivity index (χ4n) is 4.46. The third-order valence-corrected chi connectivity index (χ3v) is 6.32. The van der Waals surface area contributed by atoms with Crippen LogP contribution in [0, 0.1) is 4.91 Å². The van der Waals surface area contributed by atoms with Crippen LogP contribution in [-0.4, -0.2) is 32.8 Å². The van der Waals surface area contributed by atoms with Gasteiger partial charge in [-0.2, -0.15) is 10.0 Å². The number of hydrogen-bond donors (Lipinski definition) is 2. The van der Waals surface area contributed by atoms with Gasteiger partial charge in [0.15, 0.2) is 5.65 Å². The zero-order valence-corrected chi connectivity index (χ0v) is 18.6. The largest absolute Gasteiger partial charge is 0.381 e. The topological polar surface area (TPSA) is 101 Å². The Bertz CT molecular complexity index is 1070. The normalized spacial score (nSPS) is 19.4. The van der Waals surface area contributed by atoms with Crippen molar-refractivity contribution in [3.05, 3.63) is 58.8 Å². The first-order valence-electron chi connectivity index (χ1n) is 11.4. The molecule has 2 N–H and O–H groups in total. The van der Waals surface area contributed by atoms with Gasteiger partial charge < -0.3 is 10.6 Å². The Morgan fingerprint density at radius 3 is 2.56 bits per heavy atom. The molecule has 0 aliphatic heterocycles. The van der Waals surface area contributed by atoms with Crippen molar-refractivity contribution in [2.45, 2.75) is 70.6 Å². The van der Waals surface area contributed by atoms with Gasteiger partial charge in [0.25, 0.3) is 5.91 Å². The van der Waals surface area contributed by atoms with E-state index >= 15 is 0 Å². The van der Waals surface area contributed by atoms with Crippen molar-refractivity contribution in [1.82, 2.24) is 20.1 Å². The Balaban J connectivity index is 1.64. The SMILES string of the molecule is CCC(NC(=O)c1cnc2c(cnn2CC)c1NC1CCC(N=O)CC1)c1ccccc1. The first kappa shape index (κ1) is 21.9. The second kappa shape index (κ2) is 9.89. The number of pyridine rings is 1. The number of carbonyl (C=O) groups excluding carboxylic acids is 1.